The Labute approximate surface area is 82.4 Å². The Hall–Kier alpha value is -1.64. The molecule has 0 aliphatic carbocycles. The lowest BCUT2D eigenvalue weighted by atomic mass is 10.1. The molecular formula is C11H11NO2. The van der Waals surface area contributed by atoms with Crippen LogP contribution in [0.3, 0.4) is 0 Å². The summed E-state index contributed by atoms with van der Waals surface area (Å²) in [6, 6.07) is 9.77. The maximum Gasteiger partial charge on any atom is 0.328 e. The minimum absolute atomic E-state index is 0.133. The van der Waals surface area contributed by atoms with E-state index in [4.69, 9.17) is 4.74 Å². The number of hydrogen-bond donors (Lipinski definition) is 0. The summed E-state index contributed by atoms with van der Waals surface area (Å²) in [5, 5.41) is 0. The van der Waals surface area contributed by atoms with Crippen molar-refractivity contribution in [3.8, 4) is 0 Å². The third kappa shape index (κ3) is 1.66. The zero-order chi connectivity index (χ0) is 9.97. The number of cyclic esters (lactones) is 1. The van der Waals surface area contributed by atoms with E-state index in [0.717, 1.165) is 11.3 Å². The van der Waals surface area contributed by atoms with E-state index in [1.807, 2.05) is 37.3 Å². The lowest BCUT2D eigenvalue weighted by Crippen LogP contribution is -2.31. The van der Waals surface area contributed by atoms with Crippen molar-refractivity contribution in [1.29, 1.82) is 0 Å². The summed E-state index contributed by atoms with van der Waals surface area (Å²) in [6.07, 6.45) is -0.237. The Morgan fingerprint density at radius 3 is 2.71 bits per heavy atom. The number of rotatable bonds is 1. The number of carbonyl (C=O) groups is 1. The molecule has 0 amide bonds. The zero-order valence-corrected chi connectivity index (χ0v) is 7.93. The first-order valence-electron chi connectivity index (χ1n) is 4.56. The molecule has 72 valence electrons. The fourth-order valence-electron chi connectivity index (χ4n) is 1.50. The number of nitrogens with zero attached hydrogens (tertiary/aromatic N) is 1. The summed E-state index contributed by atoms with van der Waals surface area (Å²) in [5.74, 6) is -0.253. The predicted molar refractivity (Wildman–Crippen MR) is 53.4 cm³/mol. The van der Waals surface area contributed by atoms with Crippen molar-refractivity contribution in [1.82, 2.24) is 0 Å². The highest BCUT2D eigenvalue weighted by atomic mass is 16.5. The van der Waals surface area contributed by atoms with E-state index in [2.05, 4.69) is 4.99 Å². The molecule has 1 aromatic carbocycles. The van der Waals surface area contributed by atoms with Gasteiger partial charge in [0.1, 0.15) is 12.6 Å². The van der Waals surface area contributed by atoms with Gasteiger partial charge in [0.15, 0.2) is 0 Å². The van der Waals surface area contributed by atoms with Crippen molar-refractivity contribution in [2.24, 2.45) is 4.99 Å². The summed E-state index contributed by atoms with van der Waals surface area (Å²) in [6.45, 7) is 1.97. The first-order chi connectivity index (χ1) is 6.77. The quantitative estimate of drug-likeness (QED) is 0.627. The van der Waals surface area contributed by atoms with Crippen molar-refractivity contribution in [3.63, 3.8) is 0 Å². The smallest absolute Gasteiger partial charge is 0.328 e. The van der Waals surface area contributed by atoms with E-state index in [1.54, 1.807) is 0 Å². The number of esters is 1. The van der Waals surface area contributed by atoms with Crippen LogP contribution in [0.4, 0.5) is 0 Å². The van der Waals surface area contributed by atoms with Gasteiger partial charge in [-0.3, -0.25) is 9.79 Å². The van der Waals surface area contributed by atoms with Crippen molar-refractivity contribution >= 4 is 11.7 Å². The van der Waals surface area contributed by atoms with Crippen LogP contribution in [0.25, 0.3) is 0 Å². The van der Waals surface area contributed by atoms with Gasteiger partial charge in [-0.2, -0.15) is 0 Å². The third-order valence-corrected chi connectivity index (χ3v) is 2.14. The topological polar surface area (TPSA) is 38.7 Å². The van der Waals surface area contributed by atoms with Crippen LogP contribution in [-0.2, 0) is 9.53 Å². The minimum atomic E-state index is -0.253. The van der Waals surface area contributed by atoms with Crippen LogP contribution in [0.1, 0.15) is 12.5 Å². The van der Waals surface area contributed by atoms with Gasteiger partial charge in [-0.15, -0.1) is 0 Å². The van der Waals surface area contributed by atoms with Crippen LogP contribution in [-0.4, -0.2) is 24.3 Å². The second-order valence-electron chi connectivity index (χ2n) is 3.20. The molecule has 0 saturated carbocycles. The first kappa shape index (κ1) is 8.94. The molecule has 3 nitrogen and oxygen atoms in total. The minimum Gasteiger partial charge on any atom is -0.455 e. The van der Waals surface area contributed by atoms with Gasteiger partial charge in [0.05, 0.1) is 5.71 Å². The molecule has 1 aliphatic heterocycles. The number of hydrogen-bond acceptors (Lipinski definition) is 3. The Kier molecular flexibility index (Phi) is 2.31. The van der Waals surface area contributed by atoms with Gasteiger partial charge >= 0.3 is 5.97 Å². The maximum atomic E-state index is 10.9. The van der Waals surface area contributed by atoms with Gasteiger partial charge in [-0.25, -0.2) is 0 Å². The first-order valence-corrected chi connectivity index (χ1v) is 4.56. The molecule has 0 N–H and O–H groups in total. The van der Waals surface area contributed by atoms with E-state index in [1.165, 1.54) is 0 Å². The lowest BCUT2D eigenvalue weighted by molar-refractivity contribution is -0.144. The molecule has 0 spiro atoms. The SMILES string of the molecule is CC1OC(=O)CN=C1c1ccccc1. The van der Waals surface area contributed by atoms with Crippen LogP contribution in [0, 0.1) is 0 Å². The number of aliphatic imine (C=N–C) groups is 1. The normalized spacial score (nSPS) is 21.4. The molecule has 0 bridgehead atoms. The maximum absolute atomic E-state index is 10.9. The summed E-state index contributed by atoms with van der Waals surface area (Å²) in [4.78, 5) is 15.1. The van der Waals surface area contributed by atoms with Crippen molar-refractivity contribution in [3.05, 3.63) is 35.9 Å². The van der Waals surface area contributed by atoms with Gasteiger partial charge in [-0.1, -0.05) is 30.3 Å². The Morgan fingerprint density at radius 2 is 2.07 bits per heavy atom. The van der Waals surface area contributed by atoms with Crippen molar-refractivity contribution in [2.45, 2.75) is 13.0 Å². The molecule has 1 aromatic rings. The van der Waals surface area contributed by atoms with Crippen LogP contribution in [0.15, 0.2) is 35.3 Å². The molecule has 1 atom stereocenters. The van der Waals surface area contributed by atoms with Gasteiger partial charge in [0, 0.05) is 0 Å². The molecule has 0 radical (unpaired) electrons. The third-order valence-electron chi connectivity index (χ3n) is 2.14. The summed E-state index contributed by atoms with van der Waals surface area (Å²) < 4.78 is 5.08. The fraction of sp³-hybridized carbons (Fsp3) is 0.273. The molecule has 3 heteroatoms. The van der Waals surface area contributed by atoms with Crippen LogP contribution in [0.5, 0.6) is 0 Å². The molecule has 14 heavy (non-hydrogen) atoms. The fourth-order valence-corrected chi connectivity index (χ4v) is 1.50. The van der Waals surface area contributed by atoms with Crippen molar-refractivity contribution in [2.75, 3.05) is 6.54 Å². The van der Waals surface area contributed by atoms with E-state index < -0.39 is 0 Å². The average molecular weight is 189 g/mol. The molecule has 0 saturated heterocycles. The summed E-state index contributed by atoms with van der Waals surface area (Å²) in [7, 11) is 0. The number of ether oxygens (including phenoxy) is 1. The highest BCUT2D eigenvalue weighted by molar-refractivity contribution is 6.06. The largest absolute Gasteiger partial charge is 0.455 e. The van der Waals surface area contributed by atoms with Crippen LogP contribution in [0.2, 0.25) is 0 Å². The van der Waals surface area contributed by atoms with Crippen LogP contribution >= 0.6 is 0 Å². The molecule has 1 heterocycles. The lowest BCUT2D eigenvalue weighted by Gasteiger charge is -2.19. The molecule has 1 unspecified atom stereocenters. The van der Waals surface area contributed by atoms with Gasteiger partial charge < -0.3 is 4.74 Å². The second kappa shape index (κ2) is 3.62. The predicted octanol–water partition coefficient (Wildman–Crippen LogP) is 1.42. The molecule has 0 aromatic heterocycles. The Bertz CT molecular complexity index is 370. The Morgan fingerprint density at radius 1 is 1.36 bits per heavy atom. The molecule has 2 rings (SSSR count). The van der Waals surface area contributed by atoms with Crippen molar-refractivity contribution < 1.29 is 9.53 Å². The molecular weight excluding hydrogens is 178 g/mol. The average Bonchev–Trinajstić information content (AvgIpc) is 2.19. The Balaban J connectivity index is 2.31. The van der Waals surface area contributed by atoms with Crippen LogP contribution < -0.4 is 0 Å². The second-order valence-corrected chi connectivity index (χ2v) is 3.20. The summed E-state index contributed by atoms with van der Waals surface area (Å²) >= 11 is 0. The molecule has 0 fully saturated rings. The summed E-state index contributed by atoms with van der Waals surface area (Å²) in [5.41, 5.74) is 1.87. The monoisotopic (exact) mass is 189 g/mol. The standard InChI is InChI=1S/C11H11NO2/c1-8-11(12-7-10(13)14-8)9-5-3-2-4-6-9/h2-6,8H,7H2,1H3. The van der Waals surface area contributed by atoms with Gasteiger partial charge in [0.2, 0.25) is 0 Å². The van der Waals surface area contributed by atoms with E-state index in [0.29, 0.717) is 0 Å². The van der Waals surface area contributed by atoms with E-state index >= 15 is 0 Å². The molecule has 1 aliphatic rings. The number of carbonyl (C=O) groups excluding carboxylic acids is 1. The van der Waals surface area contributed by atoms with E-state index in [9.17, 15) is 4.79 Å². The highest BCUT2D eigenvalue weighted by Gasteiger charge is 2.21. The van der Waals surface area contributed by atoms with E-state index in [-0.39, 0.29) is 18.6 Å². The number of benzene rings is 1. The zero-order valence-electron chi connectivity index (χ0n) is 7.93. The van der Waals surface area contributed by atoms with Gasteiger partial charge in [-0.05, 0) is 12.5 Å². The highest BCUT2D eigenvalue weighted by Crippen LogP contribution is 2.11. The van der Waals surface area contributed by atoms with Gasteiger partial charge in [0.25, 0.3) is 0 Å².